The Hall–Kier alpha value is -0.270. The van der Waals surface area contributed by atoms with E-state index >= 15 is 0 Å². The summed E-state index contributed by atoms with van der Waals surface area (Å²) >= 11 is 5.65. The molecule has 0 saturated heterocycles. The maximum absolute atomic E-state index is 5.65. The van der Waals surface area contributed by atoms with Crippen LogP contribution < -0.4 is 17.4 Å². The molecular formula is C17H29Cl2N. The number of H-pyrrole nitrogens is 1. The summed E-state index contributed by atoms with van der Waals surface area (Å²) in [4.78, 5) is 3.14. The number of pyridine rings is 1. The number of alkyl halides is 1. The van der Waals surface area contributed by atoms with Crippen molar-refractivity contribution in [3.8, 4) is 0 Å². The second-order valence-corrected chi connectivity index (χ2v) is 5.76. The molecule has 116 valence electrons. The molecule has 0 atom stereocenters. The number of unbranched alkanes of at least 4 members (excludes halogenated alkanes) is 9. The predicted molar refractivity (Wildman–Crippen MR) is 83.6 cm³/mol. The van der Waals surface area contributed by atoms with Gasteiger partial charge < -0.3 is 12.4 Å². The van der Waals surface area contributed by atoms with E-state index < -0.39 is 0 Å². The van der Waals surface area contributed by atoms with E-state index in [9.17, 15) is 0 Å². The second kappa shape index (κ2) is 15.1. The molecule has 0 bridgehead atoms. The molecule has 0 fully saturated rings. The normalized spacial score (nSPS) is 10.2. The first kappa shape index (κ1) is 19.7. The molecule has 0 aliphatic rings. The lowest BCUT2D eigenvalue weighted by molar-refractivity contribution is -0.378. The molecule has 0 radical (unpaired) electrons. The van der Waals surface area contributed by atoms with Crippen LogP contribution in [0.2, 0.25) is 0 Å². The van der Waals surface area contributed by atoms with Crippen LogP contribution in [0, 0.1) is 0 Å². The van der Waals surface area contributed by atoms with Crippen molar-refractivity contribution in [2.24, 2.45) is 0 Å². The number of aromatic amines is 1. The number of aromatic nitrogens is 1. The third-order valence-corrected chi connectivity index (χ3v) is 3.89. The van der Waals surface area contributed by atoms with Crippen LogP contribution in [0.4, 0.5) is 0 Å². The molecule has 0 spiro atoms. The van der Waals surface area contributed by atoms with Gasteiger partial charge in [-0.15, -0.1) is 11.6 Å². The average molecular weight is 318 g/mol. The first-order valence-corrected chi connectivity index (χ1v) is 8.48. The van der Waals surface area contributed by atoms with Gasteiger partial charge in [0.15, 0.2) is 12.4 Å². The van der Waals surface area contributed by atoms with Gasteiger partial charge in [-0.1, -0.05) is 51.4 Å². The lowest BCUT2D eigenvalue weighted by atomic mass is 10.0. The smallest absolute Gasteiger partial charge is 0.170 e. The summed E-state index contributed by atoms with van der Waals surface area (Å²) < 4.78 is 0. The molecule has 0 saturated carbocycles. The van der Waals surface area contributed by atoms with Crippen LogP contribution in [0.5, 0.6) is 0 Å². The van der Waals surface area contributed by atoms with E-state index in [1.54, 1.807) is 0 Å². The van der Waals surface area contributed by atoms with Crippen molar-refractivity contribution < 1.29 is 17.4 Å². The highest BCUT2D eigenvalue weighted by Gasteiger charge is 1.96. The van der Waals surface area contributed by atoms with Crippen molar-refractivity contribution in [2.45, 2.75) is 70.6 Å². The van der Waals surface area contributed by atoms with Crippen molar-refractivity contribution in [1.29, 1.82) is 0 Å². The molecule has 0 amide bonds. The Morgan fingerprint density at radius 2 is 1.35 bits per heavy atom. The van der Waals surface area contributed by atoms with E-state index in [-0.39, 0.29) is 12.4 Å². The Morgan fingerprint density at radius 1 is 0.800 bits per heavy atom. The molecule has 0 aliphatic heterocycles. The van der Waals surface area contributed by atoms with Crippen LogP contribution in [0.1, 0.15) is 69.8 Å². The summed E-state index contributed by atoms with van der Waals surface area (Å²) in [6.45, 7) is 0. The summed E-state index contributed by atoms with van der Waals surface area (Å²) in [7, 11) is 0. The minimum atomic E-state index is 0. The molecule has 1 nitrogen and oxygen atoms in total. The number of nitrogens with one attached hydrogen (secondary N) is 1. The molecule has 1 aromatic heterocycles. The van der Waals surface area contributed by atoms with Gasteiger partial charge in [-0.05, 0) is 25.3 Å². The standard InChI is InChI=1S/C17H28ClN.ClH/c18-14-10-8-6-4-2-1-3-5-7-9-12-17-13-11-15-19-16-17;/h11,13,15-16H,1-10,12,14H2;1H. The fourth-order valence-electron chi connectivity index (χ4n) is 2.42. The van der Waals surface area contributed by atoms with E-state index in [0.29, 0.717) is 0 Å². The SMILES string of the molecule is ClCCCCCCCCCCCCc1ccc[nH+]c1.[Cl-]. The first-order chi connectivity index (χ1) is 9.43. The lowest BCUT2D eigenvalue weighted by Gasteiger charge is -2.02. The Kier molecular flexibility index (Phi) is 14.9. The molecule has 1 N–H and O–H groups in total. The number of hydrogen-bond donors (Lipinski definition) is 0. The van der Waals surface area contributed by atoms with Crippen molar-refractivity contribution in [3.05, 3.63) is 30.1 Å². The summed E-state index contributed by atoms with van der Waals surface area (Å²) in [5.41, 5.74) is 1.43. The van der Waals surface area contributed by atoms with Gasteiger partial charge in [0.05, 0.1) is 0 Å². The van der Waals surface area contributed by atoms with Gasteiger partial charge in [0.25, 0.3) is 0 Å². The van der Waals surface area contributed by atoms with Gasteiger partial charge in [0.2, 0.25) is 0 Å². The number of hydrogen-bond acceptors (Lipinski definition) is 0. The topological polar surface area (TPSA) is 14.1 Å². The Morgan fingerprint density at radius 3 is 1.85 bits per heavy atom. The zero-order valence-electron chi connectivity index (χ0n) is 12.6. The third-order valence-electron chi connectivity index (χ3n) is 3.62. The molecule has 0 aromatic carbocycles. The summed E-state index contributed by atoms with van der Waals surface area (Å²) in [5, 5.41) is 0. The highest BCUT2D eigenvalue weighted by molar-refractivity contribution is 6.17. The average Bonchev–Trinajstić information content (AvgIpc) is 2.46. The van der Waals surface area contributed by atoms with Crippen LogP contribution in [0.15, 0.2) is 24.5 Å². The number of rotatable bonds is 12. The third kappa shape index (κ3) is 11.5. The highest BCUT2D eigenvalue weighted by atomic mass is 35.5. The van der Waals surface area contributed by atoms with Crippen LogP contribution in [0.3, 0.4) is 0 Å². The lowest BCUT2D eigenvalue weighted by Crippen LogP contribution is -3.00. The van der Waals surface area contributed by atoms with E-state index in [1.807, 2.05) is 6.20 Å². The van der Waals surface area contributed by atoms with Gasteiger partial charge in [-0.3, -0.25) is 0 Å². The van der Waals surface area contributed by atoms with Gasteiger partial charge in [-0.25, -0.2) is 4.98 Å². The number of aryl methyl sites for hydroxylation is 1. The van der Waals surface area contributed by atoms with Crippen LogP contribution in [0.25, 0.3) is 0 Å². The van der Waals surface area contributed by atoms with Crippen molar-refractivity contribution >= 4 is 11.6 Å². The maximum atomic E-state index is 5.65. The molecule has 20 heavy (non-hydrogen) atoms. The molecular weight excluding hydrogens is 289 g/mol. The van der Waals surface area contributed by atoms with Crippen LogP contribution in [-0.2, 0) is 6.42 Å². The van der Waals surface area contributed by atoms with Gasteiger partial charge in [0.1, 0.15) is 0 Å². The largest absolute Gasteiger partial charge is 1.00 e. The fraction of sp³-hybridized carbons (Fsp3) is 0.706. The Bertz CT molecular complexity index is 290. The Balaban J connectivity index is 0.00000361. The molecule has 0 aliphatic carbocycles. The maximum Gasteiger partial charge on any atom is 0.170 e. The first-order valence-electron chi connectivity index (χ1n) is 7.94. The minimum Gasteiger partial charge on any atom is -1.00 e. The summed E-state index contributed by atoms with van der Waals surface area (Å²) in [6.07, 6.45) is 18.9. The zero-order chi connectivity index (χ0) is 13.6. The second-order valence-electron chi connectivity index (χ2n) is 5.39. The molecule has 1 aromatic rings. The quantitative estimate of drug-likeness (QED) is 0.414. The molecule has 0 unspecified atom stereocenters. The van der Waals surface area contributed by atoms with E-state index in [0.717, 1.165) is 5.88 Å². The van der Waals surface area contributed by atoms with E-state index in [4.69, 9.17) is 11.6 Å². The van der Waals surface area contributed by atoms with E-state index in [2.05, 4.69) is 23.3 Å². The molecule has 3 heteroatoms. The van der Waals surface area contributed by atoms with Crippen molar-refractivity contribution in [1.82, 2.24) is 0 Å². The van der Waals surface area contributed by atoms with Gasteiger partial charge in [-0.2, -0.15) is 0 Å². The predicted octanol–water partition coefficient (Wildman–Crippen LogP) is 2.19. The van der Waals surface area contributed by atoms with Crippen molar-refractivity contribution in [3.63, 3.8) is 0 Å². The minimum absolute atomic E-state index is 0. The van der Waals surface area contributed by atoms with Crippen molar-refractivity contribution in [2.75, 3.05) is 5.88 Å². The van der Waals surface area contributed by atoms with Gasteiger partial charge in [0, 0.05) is 17.5 Å². The number of halogens is 2. The molecule has 1 heterocycles. The Labute approximate surface area is 135 Å². The summed E-state index contributed by atoms with van der Waals surface area (Å²) in [5.74, 6) is 0.833. The van der Waals surface area contributed by atoms with Crippen LogP contribution in [-0.4, -0.2) is 5.88 Å². The summed E-state index contributed by atoms with van der Waals surface area (Å²) in [6, 6.07) is 4.29. The fourth-order valence-corrected chi connectivity index (χ4v) is 2.61. The van der Waals surface area contributed by atoms with Gasteiger partial charge >= 0.3 is 0 Å². The molecule has 1 rings (SSSR count). The zero-order valence-corrected chi connectivity index (χ0v) is 14.1. The van der Waals surface area contributed by atoms with Crippen LogP contribution >= 0.6 is 11.6 Å². The highest BCUT2D eigenvalue weighted by Crippen LogP contribution is 2.12. The monoisotopic (exact) mass is 317 g/mol. The van der Waals surface area contributed by atoms with E-state index in [1.165, 1.54) is 76.2 Å².